The highest BCUT2D eigenvalue weighted by Crippen LogP contribution is 2.17. The second kappa shape index (κ2) is 8.93. The van der Waals surface area contributed by atoms with Crippen LogP contribution in [0.2, 0.25) is 0 Å². The van der Waals surface area contributed by atoms with E-state index < -0.39 is 11.6 Å². The lowest BCUT2D eigenvalue weighted by molar-refractivity contribution is -0.122. The largest absolute Gasteiger partial charge is 0.353 e. The van der Waals surface area contributed by atoms with Crippen LogP contribution in [0, 0.1) is 11.6 Å². The minimum atomic E-state index is -1.06. The van der Waals surface area contributed by atoms with Crippen LogP contribution in [0.3, 0.4) is 0 Å². The number of nitrogens with one attached hydrogen (secondary N) is 1. The molecule has 0 radical (unpaired) electrons. The molecule has 1 aromatic rings. The topological polar surface area (TPSA) is 72.2 Å². The van der Waals surface area contributed by atoms with E-state index in [0.29, 0.717) is 0 Å². The Balaban J connectivity index is 0.00000264. The second-order valence-corrected chi connectivity index (χ2v) is 5.73. The Labute approximate surface area is 140 Å². The minimum absolute atomic E-state index is 0. The molecule has 1 saturated carbocycles. The van der Waals surface area contributed by atoms with Crippen LogP contribution in [-0.4, -0.2) is 23.8 Å². The van der Waals surface area contributed by atoms with Gasteiger partial charge in [0.05, 0.1) is 0 Å². The summed E-state index contributed by atoms with van der Waals surface area (Å²) in [6.45, 7) is 0. The number of nitrogens with two attached hydrogens (primary N) is 1. The van der Waals surface area contributed by atoms with E-state index in [2.05, 4.69) is 5.32 Å². The maximum absolute atomic E-state index is 13.1. The van der Waals surface area contributed by atoms with Gasteiger partial charge in [-0.25, -0.2) is 8.78 Å². The molecule has 23 heavy (non-hydrogen) atoms. The zero-order valence-electron chi connectivity index (χ0n) is 12.7. The Hall–Kier alpha value is -1.53. The van der Waals surface area contributed by atoms with Crippen LogP contribution in [0.5, 0.6) is 0 Å². The Morgan fingerprint density at radius 3 is 2.35 bits per heavy atom. The lowest BCUT2D eigenvalue weighted by Crippen LogP contribution is -2.40. The van der Waals surface area contributed by atoms with Crippen molar-refractivity contribution < 1.29 is 18.4 Å². The number of ketones is 1. The highest BCUT2D eigenvalue weighted by Gasteiger charge is 2.20. The quantitative estimate of drug-likeness (QED) is 0.805. The summed E-state index contributed by atoms with van der Waals surface area (Å²) < 4.78 is 25.9. The molecule has 0 aromatic heterocycles. The molecule has 0 unspecified atom stereocenters. The summed E-state index contributed by atoms with van der Waals surface area (Å²) >= 11 is 0. The molecule has 0 bridgehead atoms. The maximum Gasteiger partial charge on any atom is 0.220 e. The standard InChI is InChI=1S/C16H20F2N2O2.ClH/c17-13-6-1-10(9-14(13)18)15(21)7-8-16(22)20-12-4-2-11(19)3-5-12;/h1,6,9,11-12H,2-5,7-8,19H2,(H,20,22);1H. The summed E-state index contributed by atoms with van der Waals surface area (Å²) in [5.74, 6) is -2.63. The van der Waals surface area contributed by atoms with Crippen molar-refractivity contribution in [2.75, 3.05) is 0 Å². The lowest BCUT2D eigenvalue weighted by Gasteiger charge is -2.26. The molecule has 1 amide bonds. The molecule has 0 aliphatic heterocycles. The molecular formula is C16H21ClF2N2O2. The fourth-order valence-corrected chi connectivity index (χ4v) is 2.60. The third kappa shape index (κ3) is 5.88. The van der Waals surface area contributed by atoms with Crippen LogP contribution in [0.4, 0.5) is 8.78 Å². The zero-order chi connectivity index (χ0) is 16.1. The second-order valence-electron chi connectivity index (χ2n) is 5.73. The number of carbonyl (C=O) groups excluding carboxylic acids is 2. The molecule has 1 aliphatic carbocycles. The Kier molecular flexibility index (Phi) is 7.58. The maximum atomic E-state index is 13.1. The van der Waals surface area contributed by atoms with Crippen LogP contribution in [-0.2, 0) is 4.79 Å². The molecule has 1 aromatic carbocycles. The van der Waals surface area contributed by atoms with Crippen molar-refractivity contribution in [3.05, 3.63) is 35.4 Å². The first kappa shape index (κ1) is 19.5. The van der Waals surface area contributed by atoms with Gasteiger partial charge in [0.25, 0.3) is 0 Å². The molecule has 3 N–H and O–H groups in total. The van der Waals surface area contributed by atoms with E-state index in [9.17, 15) is 18.4 Å². The fourth-order valence-electron chi connectivity index (χ4n) is 2.60. The van der Waals surface area contributed by atoms with Crippen molar-refractivity contribution in [1.82, 2.24) is 5.32 Å². The average Bonchev–Trinajstić information content (AvgIpc) is 2.50. The molecule has 0 heterocycles. The zero-order valence-corrected chi connectivity index (χ0v) is 13.5. The van der Waals surface area contributed by atoms with Crippen LogP contribution in [0.15, 0.2) is 18.2 Å². The number of halogens is 3. The number of hydrogen-bond donors (Lipinski definition) is 2. The first-order valence-corrected chi connectivity index (χ1v) is 7.49. The van der Waals surface area contributed by atoms with Crippen molar-refractivity contribution in [3.63, 3.8) is 0 Å². The SMILES string of the molecule is Cl.NC1CCC(NC(=O)CCC(=O)c2ccc(F)c(F)c2)CC1. The normalized spacial score (nSPS) is 20.5. The Bertz CT molecular complexity index is 561. The van der Waals surface area contributed by atoms with E-state index in [1.807, 2.05) is 0 Å². The number of rotatable bonds is 5. The molecule has 1 fully saturated rings. The number of Topliss-reactive ketones (excluding diaryl/α,β-unsaturated/α-hetero) is 1. The number of amides is 1. The highest BCUT2D eigenvalue weighted by atomic mass is 35.5. The van der Waals surface area contributed by atoms with Gasteiger partial charge in [0.2, 0.25) is 5.91 Å². The van der Waals surface area contributed by atoms with Gasteiger partial charge in [-0.2, -0.15) is 0 Å². The third-order valence-electron chi connectivity index (χ3n) is 3.96. The highest BCUT2D eigenvalue weighted by molar-refractivity contribution is 5.97. The van der Waals surface area contributed by atoms with E-state index in [-0.39, 0.29) is 54.6 Å². The first-order valence-electron chi connectivity index (χ1n) is 7.49. The van der Waals surface area contributed by atoms with Gasteiger partial charge in [-0.15, -0.1) is 12.4 Å². The predicted octanol–water partition coefficient (Wildman–Crippen LogP) is 2.74. The summed E-state index contributed by atoms with van der Waals surface area (Å²) in [6, 6.07) is 3.32. The molecule has 0 spiro atoms. The monoisotopic (exact) mass is 346 g/mol. The minimum Gasteiger partial charge on any atom is -0.353 e. The van der Waals surface area contributed by atoms with Gasteiger partial charge in [0, 0.05) is 30.5 Å². The van der Waals surface area contributed by atoms with Crippen LogP contribution < -0.4 is 11.1 Å². The number of benzene rings is 1. The molecule has 7 heteroatoms. The lowest BCUT2D eigenvalue weighted by atomic mass is 9.91. The van der Waals surface area contributed by atoms with Gasteiger partial charge in [0.15, 0.2) is 17.4 Å². The summed E-state index contributed by atoms with van der Waals surface area (Å²) in [5.41, 5.74) is 5.88. The van der Waals surface area contributed by atoms with Crippen LogP contribution in [0.25, 0.3) is 0 Å². The van der Waals surface area contributed by atoms with Gasteiger partial charge in [-0.1, -0.05) is 0 Å². The summed E-state index contributed by atoms with van der Waals surface area (Å²) in [7, 11) is 0. The van der Waals surface area contributed by atoms with E-state index in [1.54, 1.807) is 0 Å². The molecule has 0 saturated heterocycles. The Morgan fingerprint density at radius 1 is 1.09 bits per heavy atom. The van der Waals surface area contributed by atoms with Crippen LogP contribution in [0.1, 0.15) is 48.9 Å². The van der Waals surface area contributed by atoms with Crippen molar-refractivity contribution in [3.8, 4) is 0 Å². The van der Waals surface area contributed by atoms with E-state index in [0.717, 1.165) is 37.8 Å². The molecule has 4 nitrogen and oxygen atoms in total. The number of hydrogen-bond acceptors (Lipinski definition) is 3. The molecular weight excluding hydrogens is 326 g/mol. The average molecular weight is 347 g/mol. The van der Waals surface area contributed by atoms with E-state index in [4.69, 9.17) is 5.73 Å². The fraction of sp³-hybridized carbons (Fsp3) is 0.500. The van der Waals surface area contributed by atoms with Crippen molar-refractivity contribution in [2.45, 2.75) is 50.6 Å². The predicted molar refractivity (Wildman–Crippen MR) is 85.5 cm³/mol. The van der Waals surface area contributed by atoms with Gasteiger partial charge in [-0.05, 0) is 43.9 Å². The number of carbonyl (C=O) groups is 2. The van der Waals surface area contributed by atoms with E-state index >= 15 is 0 Å². The van der Waals surface area contributed by atoms with Gasteiger partial charge >= 0.3 is 0 Å². The summed E-state index contributed by atoms with van der Waals surface area (Å²) in [4.78, 5) is 23.7. The van der Waals surface area contributed by atoms with Crippen molar-refractivity contribution in [1.29, 1.82) is 0 Å². The summed E-state index contributed by atoms with van der Waals surface area (Å²) in [6.07, 6.45) is 3.50. The van der Waals surface area contributed by atoms with Gasteiger partial charge in [0.1, 0.15) is 0 Å². The molecule has 1 aliphatic rings. The van der Waals surface area contributed by atoms with E-state index in [1.165, 1.54) is 6.07 Å². The Morgan fingerprint density at radius 2 is 1.74 bits per heavy atom. The summed E-state index contributed by atoms with van der Waals surface area (Å²) in [5, 5.41) is 2.89. The molecule has 0 atom stereocenters. The molecule has 128 valence electrons. The van der Waals surface area contributed by atoms with Crippen molar-refractivity contribution >= 4 is 24.1 Å². The van der Waals surface area contributed by atoms with Crippen LogP contribution >= 0.6 is 12.4 Å². The smallest absolute Gasteiger partial charge is 0.220 e. The third-order valence-corrected chi connectivity index (χ3v) is 3.96. The molecule has 2 rings (SSSR count). The first-order chi connectivity index (χ1) is 10.5. The van der Waals surface area contributed by atoms with Crippen molar-refractivity contribution in [2.24, 2.45) is 5.73 Å². The van der Waals surface area contributed by atoms with Gasteiger partial charge < -0.3 is 11.1 Å². The van der Waals surface area contributed by atoms with Gasteiger partial charge in [-0.3, -0.25) is 9.59 Å².